The zero-order valence-electron chi connectivity index (χ0n) is 8.30. The Bertz CT molecular complexity index is 264. The van der Waals surface area contributed by atoms with Crippen molar-refractivity contribution in [1.29, 1.82) is 0 Å². The molecule has 0 bridgehead atoms. The lowest BCUT2D eigenvalue weighted by Crippen LogP contribution is -2.29. The number of ether oxygens (including phenoxy) is 1. The fourth-order valence-corrected chi connectivity index (χ4v) is 1.07. The Hall–Kier alpha value is -0.500. The van der Waals surface area contributed by atoms with Crippen LogP contribution in [0.1, 0.15) is 19.4 Å². The van der Waals surface area contributed by atoms with E-state index in [2.05, 4.69) is 48.8 Å². The molecule has 0 unspecified atom stereocenters. The first-order chi connectivity index (χ1) is 6.03. The minimum absolute atomic E-state index is 0.144. The third-order valence-corrected chi connectivity index (χ3v) is 3.09. The normalized spacial score (nSPS) is 11.4. The largest absolute Gasteiger partial charge is 0.487 e. The molecule has 0 N–H and O–H groups in total. The minimum Gasteiger partial charge on any atom is -0.487 e. The quantitative estimate of drug-likeness (QED) is 0.737. The van der Waals surface area contributed by atoms with Crippen molar-refractivity contribution in [3.8, 4) is 5.75 Å². The van der Waals surface area contributed by atoms with Gasteiger partial charge in [0.25, 0.3) is 0 Å². The number of alkyl halides is 1. The average molecular weight is 243 g/mol. The van der Waals surface area contributed by atoms with Crippen LogP contribution in [0.15, 0.2) is 24.3 Å². The predicted octanol–water partition coefficient (Wildman–Crippen LogP) is 3.55. The van der Waals surface area contributed by atoms with E-state index in [-0.39, 0.29) is 5.60 Å². The second-order valence-electron chi connectivity index (χ2n) is 3.81. The summed E-state index contributed by atoms with van der Waals surface area (Å²) in [6, 6.07) is 8.11. The van der Waals surface area contributed by atoms with E-state index in [1.165, 1.54) is 5.56 Å². The molecule has 72 valence electrons. The topological polar surface area (TPSA) is 9.23 Å². The van der Waals surface area contributed by atoms with Crippen molar-refractivity contribution >= 4 is 15.9 Å². The van der Waals surface area contributed by atoms with Crippen LogP contribution < -0.4 is 4.74 Å². The van der Waals surface area contributed by atoms with Crippen LogP contribution in [0.4, 0.5) is 0 Å². The maximum atomic E-state index is 5.76. The van der Waals surface area contributed by atoms with Crippen molar-refractivity contribution in [3.05, 3.63) is 29.8 Å². The van der Waals surface area contributed by atoms with Gasteiger partial charge in [-0.25, -0.2) is 0 Å². The molecule has 0 amide bonds. The van der Waals surface area contributed by atoms with Crippen LogP contribution in [-0.2, 0) is 0 Å². The molecule has 0 saturated carbocycles. The molecule has 0 radical (unpaired) electrons. The Morgan fingerprint density at radius 2 is 1.77 bits per heavy atom. The molecule has 0 fully saturated rings. The maximum Gasteiger partial charge on any atom is 0.120 e. The van der Waals surface area contributed by atoms with Crippen molar-refractivity contribution in [2.75, 3.05) is 5.33 Å². The molecule has 0 aromatic heterocycles. The summed E-state index contributed by atoms with van der Waals surface area (Å²) >= 11 is 3.42. The highest BCUT2D eigenvalue weighted by molar-refractivity contribution is 9.09. The lowest BCUT2D eigenvalue weighted by Gasteiger charge is -2.23. The third-order valence-electron chi connectivity index (χ3n) is 1.74. The minimum atomic E-state index is -0.144. The number of hydrogen-bond donors (Lipinski definition) is 0. The Kier molecular flexibility index (Phi) is 3.37. The van der Waals surface area contributed by atoms with Crippen LogP contribution in [0.25, 0.3) is 0 Å². The molecular formula is C11H15BrO. The highest BCUT2D eigenvalue weighted by atomic mass is 79.9. The van der Waals surface area contributed by atoms with E-state index in [0.29, 0.717) is 0 Å². The monoisotopic (exact) mass is 242 g/mol. The number of hydrogen-bond acceptors (Lipinski definition) is 1. The van der Waals surface area contributed by atoms with Gasteiger partial charge >= 0.3 is 0 Å². The van der Waals surface area contributed by atoms with E-state index in [1.54, 1.807) is 0 Å². The highest BCUT2D eigenvalue weighted by Crippen LogP contribution is 2.19. The van der Waals surface area contributed by atoms with Gasteiger partial charge in [-0.15, -0.1) is 0 Å². The summed E-state index contributed by atoms with van der Waals surface area (Å²) in [6.45, 7) is 6.18. The smallest absolute Gasteiger partial charge is 0.120 e. The molecule has 0 aliphatic heterocycles. The summed E-state index contributed by atoms with van der Waals surface area (Å²) in [5.74, 6) is 0.926. The van der Waals surface area contributed by atoms with Crippen LogP contribution in [0.3, 0.4) is 0 Å². The predicted molar refractivity (Wildman–Crippen MR) is 59.7 cm³/mol. The molecule has 0 spiro atoms. The van der Waals surface area contributed by atoms with E-state index >= 15 is 0 Å². The fourth-order valence-electron chi connectivity index (χ4n) is 0.953. The van der Waals surface area contributed by atoms with Crippen molar-refractivity contribution in [1.82, 2.24) is 0 Å². The number of rotatable bonds is 3. The molecule has 0 saturated heterocycles. The maximum absolute atomic E-state index is 5.76. The molecular weight excluding hydrogens is 228 g/mol. The summed E-state index contributed by atoms with van der Waals surface area (Å²) in [7, 11) is 0. The molecule has 0 heterocycles. The second-order valence-corrected chi connectivity index (χ2v) is 4.37. The van der Waals surface area contributed by atoms with Gasteiger partial charge in [0.1, 0.15) is 11.4 Å². The van der Waals surface area contributed by atoms with Crippen molar-refractivity contribution in [2.45, 2.75) is 26.4 Å². The summed E-state index contributed by atoms with van der Waals surface area (Å²) in [6.07, 6.45) is 0. The molecule has 1 nitrogen and oxygen atoms in total. The standard InChI is InChI=1S/C11H15BrO/c1-9-4-6-10(7-5-9)13-11(2,3)8-12/h4-7H,8H2,1-3H3. The van der Waals surface area contributed by atoms with Gasteiger partial charge in [-0.1, -0.05) is 33.6 Å². The van der Waals surface area contributed by atoms with Gasteiger partial charge in [0, 0.05) is 5.33 Å². The van der Waals surface area contributed by atoms with Crippen LogP contribution >= 0.6 is 15.9 Å². The number of halogens is 1. The van der Waals surface area contributed by atoms with Crippen molar-refractivity contribution in [3.63, 3.8) is 0 Å². The summed E-state index contributed by atoms with van der Waals surface area (Å²) in [5.41, 5.74) is 1.11. The van der Waals surface area contributed by atoms with E-state index in [1.807, 2.05) is 12.1 Å². The van der Waals surface area contributed by atoms with E-state index in [4.69, 9.17) is 4.74 Å². The van der Waals surface area contributed by atoms with Crippen LogP contribution in [0, 0.1) is 6.92 Å². The number of aryl methyl sites for hydroxylation is 1. The van der Waals surface area contributed by atoms with Gasteiger partial charge in [-0.05, 0) is 32.9 Å². The van der Waals surface area contributed by atoms with Crippen LogP contribution in [-0.4, -0.2) is 10.9 Å². The second kappa shape index (κ2) is 4.14. The van der Waals surface area contributed by atoms with Gasteiger partial charge in [-0.3, -0.25) is 0 Å². The lowest BCUT2D eigenvalue weighted by atomic mass is 10.2. The van der Waals surface area contributed by atoms with Gasteiger partial charge in [0.15, 0.2) is 0 Å². The van der Waals surface area contributed by atoms with Gasteiger partial charge in [-0.2, -0.15) is 0 Å². The molecule has 1 aromatic carbocycles. The third kappa shape index (κ3) is 3.39. The van der Waals surface area contributed by atoms with E-state index in [0.717, 1.165) is 11.1 Å². The summed E-state index contributed by atoms with van der Waals surface area (Å²) < 4.78 is 5.76. The molecule has 2 heteroatoms. The lowest BCUT2D eigenvalue weighted by molar-refractivity contribution is 0.137. The first kappa shape index (κ1) is 10.6. The van der Waals surface area contributed by atoms with Gasteiger partial charge in [0.2, 0.25) is 0 Å². The summed E-state index contributed by atoms with van der Waals surface area (Å²) in [5, 5.41) is 0.827. The average Bonchev–Trinajstić information content (AvgIpc) is 2.09. The Morgan fingerprint density at radius 1 is 1.23 bits per heavy atom. The van der Waals surface area contributed by atoms with E-state index < -0.39 is 0 Å². The first-order valence-corrected chi connectivity index (χ1v) is 5.47. The molecule has 0 aliphatic rings. The molecule has 0 atom stereocenters. The Morgan fingerprint density at radius 3 is 2.23 bits per heavy atom. The number of benzene rings is 1. The summed E-state index contributed by atoms with van der Waals surface area (Å²) in [4.78, 5) is 0. The SMILES string of the molecule is Cc1ccc(OC(C)(C)CBr)cc1. The zero-order valence-corrected chi connectivity index (χ0v) is 9.89. The van der Waals surface area contributed by atoms with Gasteiger partial charge < -0.3 is 4.74 Å². The molecule has 1 rings (SSSR count). The zero-order chi connectivity index (χ0) is 9.90. The van der Waals surface area contributed by atoms with Crippen molar-refractivity contribution in [2.24, 2.45) is 0 Å². The Balaban J connectivity index is 2.69. The first-order valence-electron chi connectivity index (χ1n) is 4.35. The van der Waals surface area contributed by atoms with Crippen LogP contribution in [0.2, 0.25) is 0 Å². The molecule has 1 aromatic rings. The van der Waals surface area contributed by atoms with Crippen LogP contribution in [0.5, 0.6) is 5.75 Å². The van der Waals surface area contributed by atoms with Crippen molar-refractivity contribution < 1.29 is 4.74 Å². The van der Waals surface area contributed by atoms with E-state index in [9.17, 15) is 0 Å². The molecule has 13 heavy (non-hydrogen) atoms. The molecule has 0 aliphatic carbocycles. The van der Waals surface area contributed by atoms with Gasteiger partial charge in [0.05, 0.1) is 0 Å². The highest BCUT2D eigenvalue weighted by Gasteiger charge is 2.17. The fraction of sp³-hybridized carbons (Fsp3) is 0.455. The Labute approximate surface area is 88.2 Å².